The Kier molecular flexibility index (Phi) is 3.76. The molecule has 0 unspecified atom stereocenters. The molecule has 2 aliphatic rings. The maximum absolute atomic E-state index is 12.7. The van der Waals surface area contributed by atoms with E-state index < -0.39 is 0 Å². The van der Waals surface area contributed by atoms with E-state index in [-0.39, 0.29) is 5.91 Å². The molecule has 4 heteroatoms. The van der Waals surface area contributed by atoms with E-state index in [0.29, 0.717) is 12.6 Å². The SMILES string of the molecule is C[C@@H]1Cc2ccccc2N1C(=O)C[NH+]1CC[NH+](C)CC1. The van der Waals surface area contributed by atoms with Crippen molar-refractivity contribution in [1.82, 2.24) is 0 Å². The molecule has 0 spiro atoms. The van der Waals surface area contributed by atoms with Crippen molar-refractivity contribution in [3.63, 3.8) is 0 Å². The summed E-state index contributed by atoms with van der Waals surface area (Å²) in [5.74, 6) is 0.289. The molecular formula is C16H25N3O+2. The van der Waals surface area contributed by atoms with Crippen LogP contribution < -0.4 is 14.7 Å². The number of amides is 1. The number of para-hydroxylation sites is 1. The van der Waals surface area contributed by atoms with E-state index >= 15 is 0 Å². The lowest BCUT2D eigenvalue weighted by Crippen LogP contribution is -3.27. The summed E-state index contributed by atoms with van der Waals surface area (Å²) in [7, 11) is 2.23. The van der Waals surface area contributed by atoms with Crippen LogP contribution in [0.4, 0.5) is 5.69 Å². The van der Waals surface area contributed by atoms with Crippen molar-refractivity contribution in [1.29, 1.82) is 0 Å². The summed E-state index contributed by atoms with van der Waals surface area (Å²) in [5.41, 5.74) is 2.44. The zero-order valence-corrected chi connectivity index (χ0v) is 12.5. The Morgan fingerprint density at radius 1 is 1.25 bits per heavy atom. The highest BCUT2D eigenvalue weighted by Gasteiger charge is 2.33. The van der Waals surface area contributed by atoms with Gasteiger partial charge in [-0.15, -0.1) is 0 Å². The Hall–Kier alpha value is -1.39. The number of fused-ring (bicyclic) bond motifs is 1. The Labute approximate surface area is 121 Å². The molecule has 4 nitrogen and oxygen atoms in total. The van der Waals surface area contributed by atoms with Gasteiger partial charge < -0.3 is 14.7 Å². The van der Waals surface area contributed by atoms with Crippen LogP contribution in [0.5, 0.6) is 0 Å². The van der Waals surface area contributed by atoms with E-state index in [1.54, 1.807) is 4.90 Å². The normalized spacial score (nSPS) is 29.3. The molecule has 1 saturated heterocycles. The van der Waals surface area contributed by atoms with Gasteiger partial charge in [-0.2, -0.15) is 0 Å². The van der Waals surface area contributed by atoms with Gasteiger partial charge in [0.05, 0.1) is 7.05 Å². The summed E-state index contributed by atoms with van der Waals surface area (Å²) < 4.78 is 0. The van der Waals surface area contributed by atoms with Gasteiger partial charge in [0.1, 0.15) is 26.2 Å². The van der Waals surface area contributed by atoms with Crippen LogP contribution in [0.25, 0.3) is 0 Å². The van der Waals surface area contributed by atoms with Gasteiger partial charge in [0.2, 0.25) is 0 Å². The van der Waals surface area contributed by atoms with Crippen LogP contribution in [0.3, 0.4) is 0 Å². The second-order valence-electron chi connectivity index (χ2n) is 6.33. The Morgan fingerprint density at radius 3 is 2.70 bits per heavy atom. The van der Waals surface area contributed by atoms with Crippen molar-refractivity contribution in [3.05, 3.63) is 29.8 Å². The summed E-state index contributed by atoms with van der Waals surface area (Å²) in [6, 6.07) is 8.63. The number of hydrogen-bond donors (Lipinski definition) is 2. The number of nitrogens with one attached hydrogen (secondary N) is 2. The maximum Gasteiger partial charge on any atom is 0.282 e. The molecule has 1 aromatic rings. The first kappa shape index (κ1) is 13.6. The Bertz CT molecular complexity index is 494. The van der Waals surface area contributed by atoms with Crippen LogP contribution in [0.15, 0.2) is 24.3 Å². The van der Waals surface area contributed by atoms with E-state index in [1.165, 1.54) is 23.6 Å². The Balaban J connectivity index is 1.68. The zero-order chi connectivity index (χ0) is 14.1. The first-order valence-corrected chi connectivity index (χ1v) is 7.70. The van der Waals surface area contributed by atoms with Gasteiger partial charge >= 0.3 is 0 Å². The molecule has 0 bridgehead atoms. The average molecular weight is 275 g/mol. The number of rotatable bonds is 2. The fraction of sp³-hybridized carbons (Fsp3) is 0.562. The number of quaternary nitrogens is 2. The number of carbonyl (C=O) groups is 1. The van der Waals surface area contributed by atoms with Crippen molar-refractivity contribution in [2.24, 2.45) is 0 Å². The molecule has 1 amide bonds. The summed E-state index contributed by atoms with van der Waals surface area (Å²) >= 11 is 0. The van der Waals surface area contributed by atoms with Crippen molar-refractivity contribution in [2.45, 2.75) is 19.4 Å². The van der Waals surface area contributed by atoms with Crippen LogP contribution in [0.2, 0.25) is 0 Å². The van der Waals surface area contributed by atoms with Gasteiger partial charge in [-0.25, -0.2) is 0 Å². The number of piperazine rings is 1. The lowest BCUT2D eigenvalue weighted by atomic mass is 10.1. The molecule has 2 N–H and O–H groups in total. The number of benzene rings is 1. The van der Waals surface area contributed by atoms with Gasteiger partial charge in [-0.3, -0.25) is 4.79 Å². The second kappa shape index (κ2) is 5.54. The van der Waals surface area contributed by atoms with E-state index in [1.807, 2.05) is 11.0 Å². The molecule has 0 aromatic heterocycles. The lowest BCUT2D eigenvalue weighted by molar-refractivity contribution is -1.000. The number of nitrogens with zero attached hydrogens (tertiary/aromatic N) is 1. The quantitative estimate of drug-likeness (QED) is 0.667. The van der Waals surface area contributed by atoms with Crippen molar-refractivity contribution >= 4 is 11.6 Å². The third-order valence-corrected chi connectivity index (χ3v) is 4.69. The standard InChI is InChI=1S/C16H23N3O/c1-13-11-14-5-3-4-6-15(14)19(13)16(20)12-18-9-7-17(2)8-10-18/h3-6,13H,7-12H2,1-2H3/p+2/t13-/m1/s1. The highest BCUT2D eigenvalue weighted by atomic mass is 16.2. The highest BCUT2D eigenvalue weighted by molar-refractivity contribution is 5.96. The third-order valence-electron chi connectivity index (χ3n) is 4.69. The predicted octanol–water partition coefficient (Wildman–Crippen LogP) is -1.62. The van der Waals surface area contributed by atoms with E-state index in [4.69, 9.17) is 0 Å². The summed E-state index contributed by atoms with van der Waals surface area (Å²) in [6.45, 7) is 7.37. The summed E-state index contributed by atoms with van der Waals surface area (Å²) in [5, 5.41) is 0. The van der Waals surface area contributed by atoms with Gasteiger partial charge in [-0.05, 0) is 25.0 Å². The minimum atomic E-state index is 0.289. The molecule has 1 aromatic carbocycles. The monoisotopic (exact) mass is 275 g/mol. The van der Waals surface area contributed by atoms with Gasteiger partial charge in [0.25, 0.3) is 5.91 Å². The topological polar surface area (TPSA) is 29.2 Å². The molecule has 20 heavy (non-hydrogen) atoms. The van der Waals surface area contributed by atoms with E-state index in [0.717, 1.165) is 25.2 Å². The van der Waals surface area contributed by atoms with Crippen LogP contribution in [-0.2, 0) is 11.2 Å². The van der Waals surface area contributed by atoms with Crippen LogP contribution in [0, 0.1) is 0 Å². The van der Waals surface area contributed by atoms with Gasteiger partial charge in [0.15, 0.2) is 6.54 Å². The minimum absolute atomic E-state index is 0.289. The third kappa shape index (κ3) is 2.58. The Morgan fingerprint density at radius 2 is 1.95 bits per heavy atom. The molecular weight excluding hydrogens is 250 g/mol. The van der Waals surface area contributed by atoms with Gasteiger partial charge in [-0.1, -0.05) is 18.2 Å². The molecule has 2 heterocycles. The van der Waals surface area contributed by atoms with Gasteiger partial charge in [0, 0.05) is 11.7 Å². The fourth-order valence-corrected chi connectivity index (χ4v) is 3.45. The molecule has 0 saturated carbocycles. The highest BCUT2D eigenvalue weighted by Crippen LogP contribution is 2.31. The fourth-order valence-electron chi connectivity index (χ4n) is 3.45. The number of likely N-dealkylation sites (N-methyl/N-ethyl adjacent to an activating group) is 1. The second-order valence-corrected chi connectivity index (χ2v) is 6.33. The first-order valence-electron chi connectivity index (χ1n) is 7.70. The van der Waals surface area contributed by atoms with E-state index in [9.17, 15) is 4.79 Å². The lowest BCUT2D eigenvalue weighted by Gasteiger charge is -2.29. The molecule has 0 aliphatic carbocycles. The van der Waals surface area contributed by atoms with Crippen LogP contribution >= 0.6 is 0 Å². The number of hydrogen-bond acceptors (Lipinski definition) is 1. The smallest absolute Gasteiger partial charge is 0.282 e. The summed E-state index contributed by atoms with van der Waals surface area (Å²) in [4.78, 5) is 17.7. The number of carbonyl (C=O) groups excluding carboxylic acids is 1. The molecule has 0 radical (unpaired) electrons. The first-order chi connectivity index (χ1) is 9.65. The van der Waals surface area contributed by atoms with Crippen molar-refractivity contribution in [2.75, 3.05) is 44.7 Å². The maximum atomic E-state index is 12.7. The van der Waals surface area contributed by atoms with Crippen molar-refractivity contribution < 1.29 is 14.6 Å². The molecule has 1 atom stereocenters. The minimum Gasteiger partial charge on any atom is -0.328 e. The van der Waals surface area contributed by atoms with Crippen molar-refractivity contribution in [3.8, 4) is 0 Å². The largest absolute Gasteiger partial charge is 0.328 e. The number of anilines is 1. The molecule has 3 rings (SSSR count). The molecule has 1 fully saturated rings. The molecule has 108 valence electrons. The van der Waals surface area contributed by atoms with Crippen LogP contribution in [0.1, 0.15) is 12.5 Å². The van der Waals surface area contributed by atoms with E-state index in [2.05, 4.69) is 32.2 Å². The van der Waals surface area contributed by atoms with Crippen LogP contribution in [-0.4, -0.2) is 51.7 Å². The predicted molar refractivity (Wildman–Crippen MR) is 79.3 cm³/mol. The molecule has 2 aliphatic heterocycles. The zero-order valence-electron chi connectivity index (χ0n) is 12.5. The summed E-state index contributed by atoms with van der Waals surface area (Å²) in [6.07, 6.45) is 0.990. The average Bonchev–Trinajstić information content (AvgIpc) is 2.77.